The number of carbonyl (C=O) groups excluding carboxylic acids is 1. The molecule has 6 nitrogen and oxygen atoms in total. The van der Waals surface area contributed by atoms with Crippen LogP contribution < -0.4 is 22.1 Å². The molecule has 0 radical (unpaired) electrons. The average Bonchev–Trinajstić information content (AvgIpc) is 2.62. The Balaban J connectivity index is 2.15. The third kappa shape index (κ3) is 7.37. The van der Waals surface area contributed by atoms with Crippen molar-refractivity contribution in [3.8, 4) is 0 Å². The highest BCUT2D eigenvalue weighted by atomic mass is 35.5. The number of amides is 1. The molecule has 6 N–H and O–H groups in total. The predicted molar refractivity (Wildman–Crippen MR) is 115 cm³/mol. The summed E-state index contributed by atoms with van der Waals surface area (Å²) in [7, 11) is 0. The summed E-state index contributed by atoms with van der Waals surface area (Å²) in [6.45, 7) is 5.62. The van der Waals surface area contributed by atoms with Gasteiger partial charge in [-0.2, -0.15) is 0 Å². The van der Waals surface area contributed by atoms with Crippen LogP contribution in [0.25, 0.3) is 0 Å². The van der Waals surface area contributed by atoms with Crippen LogP contribution in [0.1, 0.15) is 49.2 Å². The molecule has 1 amide bonds. The molecule has 0 aliphatic carbocycles. The number of nitrogens with two attached hydrogens (primary N) is 2. The Hall–Kier alpha value is -2.55. The summed E-state index contributed by atoms with van der Waals surface area (Å²) in [5.41, 5.74) is 12.7. The Morgan fingerprint density at radius 2 is 1.73 bits per heavy atom. The SMILES string of the molecule is CC(C)(C)NC(=NC(N)CC(N)c1ccc(Cl)cc1)NC(=O)c1ccc(F)c(F)c1. The Labute approximate surface area is 179 Å². The van der Waals surface area contributed by atoms with Gasteiger partial charge in [0.05, 0.1) is 0 Å². The zero-order chi connectivity index (χ0) is 22.5. The molecule has 0 spiro atoms. The first-order chi connectivity index (χ1) is 13.9. The maximum Gasteiger partial charge on any atom is 0.258 e. The molecule has 2 rings (SSSR count). The fourth-order valence-corrected chi connectivity index (χ4v) is 2.72. The van der Waals surface area contributed by atoms with E-state index >= 15 is 0 Å². The minimum absolute atomic E-state index is 0.0521. The van der Waals surface area contributed by atoms with Gasteiger partial charge >= 0.3 is 0 Å². The lowest BCUT2D eigenvalue weighted by atomic mass is 10.0. The van der Waals surface area contributed by atoms with Crippen LogP contribution >= 0.6 is 11.6 Å². The largest absolute Gasteiger partial charge is 0.351 e. The molecular weight excluding hydrogens is 412 g/mol. The summed E-state index contributed by atoms with van der Waals surface area (Å²) in [4.78, 5) is 16.8. The summed E-state index contributed by atoms with van der Waals surface area (Å²) < 4.78 is 26.6. The van der Waals surface area contributed by atoms with E-state index in [9.17, 15) is 13.6 Å². The van der Waals surface area contributed by atoms with E-state index < -0.39 is 35.3 Å². The second-order valence-electron chi connectivity index (χ2n) is 7.90. The smallest absolute Gasteiger partial charge is 0.258 e. The summed E-state index contributed by atoms with van der Waals surface area (Å²) in [5, 5.41) is 6.21. The summed E-state index contributed by atoms with van der Waals surface area (Å²) >= 11 is 5.89. The van der Waals surface area contributed by atoms with Gasteiger partial charge in [0.25, 0.3) is 5.91 Å². The van der Waals surface area contributed by atoms with Crippen molar-refractivity contribution in [3.05, 3.63) is 70.2 Å². The van der Waals surface area contributed by atoms with Gasteiger partial charge in [0, 0.05) is 28.6 Å². The fourth-order valence-electron chi connectivity index (χ4n) is 2.59. The van der Waals surface area contributed by atoms with Crippen molar-refractivity contribution in [1.82, 2.24) is 10.6 Å². The van der Waals surface area contributed by atoms with Crippen molar-refractivity contribution in [3.63, 3.8) is 0 Å². The van der Waals surface area contributed by atoms with Gasteiger partial charge in [0.15, 0.2) is 17.6 Å². The third-order valence-electron chi connectivity index (χ3n) is 4.00. The number of nitrogens with zero attached hydrogens (tertiary/aromatic N) is 1. The predicted octanol–water partition coefficient (Wildman–Crippen LogP) is 3.47. The number of guanidine groups is 1. The van der Waals surface area contributed by atoms with E-state index in [0.29, 0.717) is 11.4 Å². The first-order valence-corrected chi connectivity index (χ1v) is 9.71. The van der Waals surface area contributed by atoms with Crippen molar-refractivity contribution in [2.45, 2.75) is 44.9 Å². The minimum atomic E-state index is -1.12. The lowest BCUT2D eigenvalue weighted by molar-refractivity contribution is 0.0974. The number of halogens is 3. The standard InChI is InChI=1S/C21H26ClF2N5O/c1-21(2,3)29-20(28-19(30)13-6-9-15(23)16(24)10-13)27-18(26)11-17(25)12-4-7-14(22)8-5-12/h4-10,17-18H,11,25-26H2,1-3H3,(H2,27,28,29,30). The monoisotopic (exact) mass is 437 g/mol. The number of hydrogen-bond acceptors (Lipinski definition) is 4. The maximum atomic E-state index is 13.4. The molecule has 30 heavy (non-hydrogen) atoms. The van der Waals surface area contributed by atoms with Crippen LogP contribution in [-0.2, 0) is 0 Å². The Kier molecular flexibility index (Phi) is 7.89. The molecule has 0 bridgehead atoms. The summed E-state index contributed by atoms with van der Waals surface area (Å²) in [6, 6.07) is 9.58. The summed E-state index contributed by atoms with van der Waals surface area (Å²) in [5.74, 6) is -2.70. The van der Waals surface area contributed by atoms with Gasteiger partial charge in [-0.3, -0.25) is 10.1 Å². The molecule has 162 valence electrons. The number of rotatable bonds is 5. The second-order valence-corrected chi connectivity index (χ2v) is 8.33. The highest BCUT2D eigenvalue weighted by Crippen LogP contribution is 2.18. The van der Waals surface area contributed by atoms with Gasteiger partial charge in [0.2, 0.25) is 0 Å². The van der Waals surface area contributed by atoms with Gasteiger partial charge in [-0.05, 0) is 56.7 Å². The highest BCUT2D eigenvalue weighted by Gasteiger charge is 2.19. The average molecular weight is 438 g/mol. The first kappa shape index (κ1) is 23.7. The van der Waals surface area contributed by atoms with E-state index in [2.05, 4.69) is 15.6 Å². The molecule has 0 saturated carbocycles. The quantitative estimate of drug-likeness (QED) is 0.424. The van der Waals surface area contributed by atoms with Gasteiger partial charge in [-0.25, -0.2) is 13.8 Å². The molecule has 0 heterocycles. The topological polar surface area (TPSA) is 106 Å². The van der Waals surface area contributed by atoms with Crippen LogP contribution in [-0.4, -0.2) is 23.6 Å². The van der Waals surface area contributed by atoms with E-state index in [1.165, 1.54) is 6.07 Å². The van der Waals surface area contributed by atoms with Crippen molar-refractivity contribution in [2.75, 3.05) is 0 Å². The van der Waals surface area contributed by atoms with Gasteiger partial charge in [-0.15, -0.1) is 0 Å². The van der Waals surface area contributed by atoms with Crippen molar-refractivity contribution in [2.24, 2.45) is 16.5 Å². The van der Waals surface area contributed by atoms with Crippen LogP contribution in [0.4, 0.5) is 8.78 Å². The molecule has 0 aromatic heterocycles. The lowest BCUT2D eigenvalue weighted by Crippen LogP contribution is -2.50. The van der Waals surface area contributed by atoms with Gasteiger partial charge < -0.3 is 16.8 Å². The number of carbonyl (C=O) groups is 1. The van der Waals surface area contributed by atoms with Crippen LogP contribution in [0.2, 0.25) is 5.02 Å². The molecule has 2 unspecified atom stereocenters. The Morgan fingerprint density at radius 3 is 2.30 bits per heavy atom. The fraction of sp³-hybridized carbons (Fsp3) is 0.333. The molecule has 0 saturated heterocycles. The molecular formula is C21H26ClF2N5O. The van der Waals surface area contributed by atoms with Crippen molar-refractivity contribution >= 4 is 23.5 Å². The Morgan fingerprint density at radius 1 is 1.10 bits per heavy atom. The Bertz CT molecular complexity index is 913. The molecule has 2 aromatic rings. The number of benzene rings is 2. The molecule has 9 heteroatoms. The van der Waals surface area contributed by atoms with Crippen LogP contribution in [0.15, 0.2) is 47.5 Å². The van der Waals surface area contributed by atoms with Crippen LogP contribution in [0, 0.1) is 11.6 Å². The van der Waals surface area contributed by atoms with E-state index in [1.54, 1.807) is 12.1 Å². The normalized spacial score (nSPS) is 14.2. The second kappa shape index (κ2) is 9.97. The molecule has 0 aliphatic rings. The number of aliphatic imine (C=N–C) groups is 1. The maximum absolute atomic E-state index is 13.4. The van der Waals surface area contributed by atoms with Gasteiger partial charge in [-0.1, -0.05) is 23.7 Å². The van der Waals surface area contributed by atoms with Crippen molar-refractivity contribution < 1.29 is 13.6 Å². The molecule has 0 aliphatic heterocycles. The van der Waals surface area contributed by atoms with Gasteiger partial charge in [0.1, 0.15) is 6.17 Å². The third-order valence-corrected chi connectivity index (χ3v) is 4.25. The van der Waals surface area contributed by atoms with E-state index in [1.807, 2.05) is 32.9 Å². The van der Waals surface area contributed by atoms with Crippen LogP contribution in [0.3, 0.4) is 0 Å². The van der Waals surface area contributed by atoms with Crippen molar-refractivity contribution in [1.29, 1.82) is 0 Å². The van der Waals surface area contributed by atoms with E-state index in [-0.39, 0.29) is 11.5 Å². The highest BCUT2D eigenvalue weighted by molar-refractivity contribution is 6.30. The zero-order valence-electron chi connectivity index (χ0n) is 17.0. The minimum Gasteiger partial charge on any atom is -0.351 e. The van der Waals surface area contributed by atoms with Crippen LogP contribution in [0.5, 0.6) is 0 Å². The molecule has 2 aromatic carbocycles. The molecule has 0 fully saturated rings. The van der Waals surface area contributed by atoms with E-state index in [0.717, 1.165) is 17.7 Å². The van der Waals surface area contributed by atoms with E-state index in [4.69, 9.17) is 23.1 Å². The summed E-state index contributed by atoms with van der Waals surface area (Å²) in [6.07, 6.45) is -0.427. The number of nitrogens with one attached hydrogen (secondary N) is 2. The number of hydrogen-bond donors (Lipinski definition) is 4. The molecule has 2 atom stereocenters. The first-order valence-electron chi connectivity index (χ1n) is 9.33. The lowest BCUT2D eigenvalue weighted by Gasteiger charge is -2.25. The zero-order valence-corrected chi connectivity index (χ0v) is 17.8.